The maximum absolute atomic E-state index is 12.4. The number of ether oxygens (including phenoxy) is 1. The van der Waals surface area contributed by atoms with Crippen molar-refractivity contribution >= 4 is 23.2 Å². The van der Waals surface area contributed by atoms with E-state index in [2.05, 4.69) is 24.5 Å². The Hall–Kier alpha value is -2.82. The highest BCUT2D eigenvalue weighted by Crippen LogP contribution is 2.30. The van der Waals surface area contributed by atoms with E-state index in [0.717, 1.165) is 17.7 Å². The van der Waals surface area contributed by atoms with Crippen LogP contribution < -0.4 is 15.4 Å². The van der Waals surface area contributed by atoms with Gasteiger partial charge in [0.05, 0.1) is 12.1 Å². The summed E-state index contributed by atoms with van der Waals surface area (Å²) in [6, 6.07) is 15.0. The molecule has 0 radical (unpaired) electrons. The average Bonchev–Trinajstić information content (AvgIpc) is 2.62. The van der Waals surface area contributed by atoms with Gasteiger partial charge in [0.2, 0.25) is 5.91 Å². The lowest BCUT2D eigenvalue weighted by molar-refractivity contribution is -0.128. The maximum atomic E-state index is 12.4. The van der Waals surface area contributed by atoms with E-state index >= 15 is 0 Å². The van der Waals surface area contributed by atoms with Crippen LogP contribution in [0.3, 0.4) is 0 Å². The second-order valence-corrected chi connectivity index (χ2v) is 6.24. The standard InChI is InChI=1S/C20H22N2O3/c1-3-13(2)14-8-4-5-9-15(14)21-19(23)12-18-20(24)22-16-10-6-7-11-17(16)25-18/h4-11,13,18H,3,12H2,1-2H3,(H,21,23)(H,22,24)/t13-,18-/m0/s1. The fourth-order valence-electron chi connectivity index (χ4n) is 2.86. The highest BCUT2D eigenvalue weighted by atomic mass is 16.5. The van der Waals surface area contributed by atoms with E-state index in [4.69, 9.17) is 4.74 Å². The number of amides is 2. The van der Waals surface area contributed by atoms with Gasteiger partial charge in [0.25, 0.3) is 5.91 Å². The first kappa shape index (κ1) is 17.0. The first-order valence-electron chi connectivity index (χ1n) is 8.53. The Bertz CT molecular complexity index is 788. The highest BCUT2D eigenvalue weighted by Gasteiger charge is 2.29. The summed E-state index contributed by atoms with van der Waals surface area (Å²) in [6.45, 7) is 4.24. The highest BCUT2D eigenvalue weighted by molar-refractivity contribution is 6.02. The molecule has 0 saturated heterocycles. The van der Waals surface area contributed by atoms with E-state index in [1.54, 1.807) is 12.1 Å². The number of benzene rings is 2. The van der Waals surface area contributed by atoms with E-state index in [1.165, 1.54) is 0 Å². The number of anilines is 2. The molecule has 2 aromatic carbocycles. The van der Waals surface area contributed by atoms with Crippen molar-refractivity contribution in [1.82, 2.24) is 0 Å². The third-order valence-electron chi connectivity index (χ3n) is 4.46. The summed E-state index contributed by atoms with van der Waals surface area (Å²) in [5.74, 6) is 0.386. The van der Waals surface area contributed by atoms with Crippen LogP contribution in [0.2, 0.25) is 0 Å². The normalized spacial score (nSPS) is 17.0. The summed E-state index contributed by atoms with van der Waals surface area (Å²) in [6.07, 6.45) is 0.123. The van der Waals surface area contributed by atoms with Crippen LogP contribution in [-0.2, 0) is 9.59 Å². The van der Waals surface area contributed by atoms with Gasteiger partial charge in [-0.05, 0) is 36.1 Å². The molecule has 2 atom stereocenters. The molecule has 5 heteroatoms. The van der Waals surface area contributed by atoms with Gasteiger partial charge in [0, 0.05) is 5.69 Å². The number of hydrogen-bond donors (Lipinski definition) is 2. The van der Waals surface area contributed by atoms with Crippen LogP contribution in [0.25, 0.3) is 0 Å². The first-order valence-corrected chi connectivity index (χ1v) is 8.53. The van der Waals surface area contributed by atoms with Crippen LogP contribution in [-0.4, -0.2) is 17.9 Å². The second-order valence-electron chi connectivity index (χ2n) is 6.24. The predicted molar refractivity (Wildman–Crippen MR) is 97.9 cm³/mol. The van der Waals surface area contributed by atoms with Gasteiger partial charge in [-0.15, -0.1) is 0 Å². The van der Waals surface area contributed by atoms with Crippen LogP contribution in [0, 0.1) is 0 Å². The molecule has 2 N–H and O–H groups in total. The van der Waals surface area contributed by atoms with Gasteiger partial charge in [0.1, 0.15) is 5.75 Å². The number of fused-ring (bicyclic) bond motifs is 1. The lowest BCUT2D eigenvalue weighted by atomic mass is 9.97. The summed E-state index contributed by atoms with van der Waals surface area (Å²) in [5, 5.41) is 5.69. The minimum absolute atomic E-state index is 0.0327. The molecular weight excluding hydrogens is 316 g/mol. The third-order valence-corrected chi connectivity index (χ3v) is 4.46. The van der Waals surface area contributed by atoms with Gasteiger partial charge in [-0.3, -0.25) is 9.59 Å². The Balaban J connectivity index is 1.69. The summed E-state index contributed by atoms with van der Waals surface area (Å²) in [5.41, 5.74) is 2.52. The van der Waals surface area contributed by atoms with Crippen molar-refractivity contribution in [3.05, 3.63) is 54.1 Å². The van der Waals surface area contributed by atoms with E-state index in [0.29, 0.717) is 17.4 Å². The molecule has 0 bridgehead atoms. The van der Waals surface area contributed by atoms with E-state index in [-0.39, 0.29) is 18.2 Å². The first-order chi connectivity index (χ1) is 12.1. The average molecular weight is 338 g/mol. The minimum atomic E-state index is -0.828. The monoisotopic (exact) mass is 338 g/mol. The smallest absolute Gasteiger partial charge is 0.266 e. The molecule has 0 saturated carbocycles. The SMILES string of the molecule is CC[C@H](C)c1ccccc1NC(=O)C[C@@H]1Oc2ccccc2NC1=O. The maximum Gasteiger partial charge on any atom is 0.266 e. The molecule has 0 fully saturated rings. The second kappa shape index (κ2) is 7.38. The molecule has 0 unspecified atom stereocenters. The third kappa shape index (κ3) is 3.82. The zero-order chi connectivity index (χ0) is 17.8. The summed E-state index contributed by atoms with van der Waals surface area (Å²) < 4.78 is 5.68. The number of nitrogens with one attached hydrogen (secondary N) is 2. The molecule has 5 nitrogen and oxygen atoms in total. The van der Waals surface area contributed by atoms with Crippen LogP contribution in [0.1, 0.15) is 38.2 Å². The van der Waals surface area contributed by atoms with E-state index in [9.17, 15) is 9.59 Å². The van der Waals surface area contributed by atoms with E-state index < -0.39 is 6.10 Å². The number of carbonyl (C=O) groups excluding carboxylic acids is 2. The Morgan fingerprint density at radius 1 is 1.20 bits per heavy atom. The van der Waals surface area contributed by atoms with Gasteiger partial charge in [-0.1, -0.05) is 44.2 Å². The Morgan fingerprint density at radius 2 is 1.92 bits per heavy atom. The predicted octanol–water partition coefficient (Wildman–Crippen LogP) is 3.93. The largest absolute Gasteiger partial charge is 0.478 e. The summed E-state index contributed by atoms with van der Waals surface area (Å²) >= 11 is 0. The zero-order valence-corrected chi connectivity index (χ0v) is 14.4. The Labute approximate surface area is 147 Å². The van der Waals surface area contributed by atoms with Gasteiger partial charge in [-0.2, -0.15) is 0 Å². The van der Waals surface area contributed by atoms with Gasteiger partial charge < -0.3 is 15.4 Å². The van der Waals surface area contributed by atoms with Crippen LogP contribution in [0.5, 0.6) is 5.75 Å². The molecule has 0 spiro atoms. The molecule has 2 amide bonds. The van der Waals surface area contributed by atoms with Gasteiger partial charge in [-0.25, -0.2) is 0 Å². The van der Waals surface area contributed by atoms with Crippen LogP contribution >= 0.6 is 0 Å². The van der Waals surface area contributed by atoms with Crippen molar-refractivity contribution in [1.29, 1.82) is 0 Å². The molecule has 3 rings (SSSR count). The molecule has 2 aromatic rings. The number of carbonyl (C=O) groups is 2. The van der Waals surface area contributed by atoms with Crippen molar-refractivity contribution in [3.63, 3.8) is 0 Å². The van der Waals surface area contributed by atoms with Crippen molar-refractivity contribution in [2.24, 2.45) is 0 Å². The van der Waals surface area contributed by atoms with Crippen molar-refractivity contribution in [2.75, 3.05) is 10.6 Å². The van der Waals surface area contributed by atoms with Crippen molar-refractivity contribution in [3.8, 4) is 5.75 Å². The van der Waals surface area contributed by atoms with Crippen LogP contribution in [0.4, 0.5) is 11.4 Å². The lowest BCUT2D eigenvalue weighted by Crippen LogP contribution is -2.39. The molecule has 25 heavy (non-hydrogen) atoms. The topological polar surface area (TPSA) is 67.4 Å². The Kier molecular flexibility index (Phi) is 5.03. The molecular formula is C20H22N2O3. The molecule has 1 aliphatic heterocycles. The summed E-state index contributed by atoms with van der Waals surface area (Å²) in [7, 11) is 0. The molecule has 0 aromatic heterocycles. The van der Waals surface area contributed by atoms with Gasteiger partial charge >= 0.3 is 0 Å². The lowest BCUT2D eigenvalue weighted by Gasteiger charge is -2.25. The minimum Gasteiger partial charge on any atom is -0.478 e. The van der Waals surface area contributed by atoms with Gasteiger partial charge in [0.15, 0.2) is 6.10 Å². The quantitative estimate of drug-likeness (QED) is 0.868. The van der Waals surface area contributed by atoms with Crippen LogP contribution in [0.15, 0.2) is 48.5 Å². The molecule has 1 aliphatic rings. The number of rotatable bonds is 5. The van der Waals surface area contributed by atoms with E-state index in [1.807, 2.05) is 36.4 Å². The zero-order valence-electron chi connectivity index (χ0n) is 14.4. The summed E-state index contributed by atoms with van der Waals surface area (Å²) in [4.78, 5) is 24.6. The number of hydrogen-bond acceptors (Lipinski definition) is 3. The molecule has 0 aliphatic carbocycles. The molecule has 130 valence electrons. The van der Waals surface area contributed by atoms with Crippen molar-refractivity contribution < 1.29 is 14.3 Å². The number of para-hydroxylation sites is 3. The fraction of sp³-hybridized carbons (Fsp3) is 0.300. The fourth-order valence-corrected chi connectivity index (χ4v) is 2.86. The Morgan fingerprint density at radius 3 is 2.72 bits per heavy atom. The van der Waals surface area contributed by atoms with Crippen molar-refractivity contribution in [2.45, 2.75) is 38.7 Å². The molecule has 1 heterocycles.